The summed E-state index contributed by atoms with van der Waals surface area (Å²) in [4.78, 5) is 49.2. The molecule has 0 saturated carbocycles. The Balaban J connectivity index is 2.44. The average Bonchev–Trinajstić information content (AvgIpc) is 3.24. The van der Waals surface area contributed by atoms with E-state index in [2.05, 4.69) is 10.7 Å². The number of likely N-dealkylation sites (tertiary alicyclic amines) is 1. The number of esters is 1. The molecular formula is C25H40N5O6+. The third-order valence-electron chi connectivity index (χ3n) is 6.96. The summed E-state index contributed by atoms with van der Waals surface area (Å²) in [6, 6.07) is 6.28. The number of carboxylic acids is 1. The number of carbonyl (C=O) groups is 4. The van der Waals surface area contributed by atoms with Gasteiger partial charge in [0.1, 0.15) is 6.54 Å². The van der Waals surface area contributed by atoms with Crippen LogP contribution in [0.25, 0.3) is 0 Å². The van der Waals surface area contributed by atoms with Crippen molar-refractivity contribution in [2.75, 3.05) is 20.2 Å². The van der Waals surface area contributed by atoms with Crippen molar-refractivity contribution in [3.63, 3.8) is 0 Å². The molecule has 1 fully saturated rings. The quantitative estimate of drug-likeness (QED) is 0.174. The summed E-state index contributed by atoms with van der Waals surface area (Å²) >= 11 is 0. The van der Waals surface area contributed by atoms with Gasteiger partial charge in [0.05, 0.1) is 32.2 Å². The molecule has 0 aliphatic carbocycles. The van der Waals surface area contributed by atoms with E-state index in [4.69, 9.17) is 16.2 Å². The Labute approximate surface area is 212 Å². The Morgan fingerprint density at radius 3 is 2.44 bits per heavy atom. The third-order valence-corrected chi connectivity index (χ3v) is 6.96. The van der Waals surface area contributed by atoms with Gasteiger partial charge < -0.3 is 26.6 Å². The summed E-state index contributed by atoms with van der Waals surface area (Å²) in [6.45, 7) is 4.45. The van der Waals surface area contributed by atoms with Crippen molar-refractivity contribution in [3.05, 3.63) is 35.9 Å². The van der Waals surface area contributed by atoms with Gasteiger partial charge in [0.25, 0.3) is 0 Å². The largest absolute Gasteiger partial charge is 0.480 e. The SMILES string of the molecule is CC[C@H](C)[C@H](N[N+]1(C[C@H](Cc2ccccc2)NC(=O)[C@@H](N)CC(N)=O)CCC[C@H]1C(=O)OC)C(=O)O. The molecule has 1 heterocycles. The van der Waals surface area contributed by atoms with Crippen molar-refractivity contribution < 1.29 is 33.6 Å². The number of nitrogens with zero attached hydrogens (tertiary/aromatic N) is 1. The fourth-order valence-corrected chi connectivity index (χ4v) is 4.86. The molecule has 0 radical (unpaired) electrons. The van der Waals surface area contributed by atoms with Crippen molar-refractivity contribution in [2.24, 2.45) is 17.4 Å². The molecule has 0 bridgehead atoms. The fraction of sp³-hybridized carbons (Fsp3) is 0.600. The summed E-state index contributed by atoms with van der Waals surface area (Å²) in [6.07, 6.45) is 1.92. The van der Waals surface area contributed by atoms with Gasteiger partial charge in [-0.05, 0) is 17.9 Å². The topological polar surface area (TPSA) is 174 Å². The highest BCUT2D eigenvalue weighted by Crippen LogP contribution is 2.29. The van der Waals surface area contributed by atoms with Crippen LogP contribution in [0.2, 0.25) is 0 Å². The van der Waals surface area contributed by atoms with E-state index in [1.54, 1.807) is 0 Å². The second-order valence-electron chi connectivity index (χ2n) is 9.62. The van der Waals surface area contributed by atoms with Crippen molar-refractivity contribution in [2.45, 2.75) is 70.1 Å². The standard InChI is InChI=1S/C25H39N5O6/c1-4-16(2)22(24(33)34)29-30(12-8-11-20(30)25(35)36-3)15-18(13-17-9-6-5-7-10-17)28-23(32)19(26)14-21(27)31/h5-7,9-10,16,18-20,22,29H,4,8,11-15,26H2,1-3H3,(H3-,27,28,31,32,33,34)/p+1/t16-,18-,19-,20-,22-,30?/m0/s1. The smallest absolute Gasteiger partial charge is 0.366 e. The maximum atomic E-state index is 12.9. The zero-order valence-electron chi connectivity index (χ0n) is 21.3. The molecule has 2 rings (SSSR count). The number of quaternary nitrogens is 1. The lowest BCUT2D eigenvalue weighted by Gasteiger charge is -2.43. The molecule has 1 saturated heterocycles. The molecule has 200 valence electrons. The zero-order valence-corrected chi connectivity index (χ0v) is 21.3. The highest BCUT2D eigenvalue weighted by atomic mass is 16.5. The number of hydrogen-bond acceptors (Lipinski definition) is 7. The number of aliphatic carboxylic acids is 1. The van der Waals surface area contributed by atoms with Gasteiger partial charge in [-0.3, -0.25) is 14.4 Å². The van der Waals surface area contributed by atoms with Gasteiger partial charge >= 0.3 is 11.9 Å². The number of nitrogens with one attached hydrogen (secondary N) is 2. The number of hydrogen-bond donors (Lipinski definition) is 5. The molecule has 7 N–H and O–H groups in total. The molecule has 6 atom stereocenters. The predicted octanol–water partition coefficient (Wildman–Crippen LogP) is 0.0727. The first kappa shape index (κ1) is 29.2. The molecule has 0 spiro atoms. The second-order valence-corrected chi connectivity index (χ2v) is 9.62. The molecule has 1 aliphatic heterocycles. The molecule has 36 heavy (non-hydrogen) atoms. The first-order chi connectivity index (χ1) is 17.0. The number of rotatable bonds is 14. The number of carboxylic acid groups (broad SMARTS) is 1. The van der Waals surface area contributed by atoms with Gasteiger partial charge in [-0.1, -0.05) is 50.6 Å². The Morgan fingerprint density at radius 2 is 1.89 bits per heavy atom. The van der Waals surface area contributed by atoms with Crippen molar-refractivity contribution >= 4 is 23.8 Å². The summed E-state index contributed by atoms with van der Waals surface area (Å²) in [5.74, 6) is -2.89. The molecule has 0 aromatic heterocycles. The minimum Gasteiger partial charge on any atom is -0.480 e. The lowest BCUT2D eigenvalue weighted by molar-refractivity contribution is -0.976. The molecule has 11 heteroatoms. The number of primary amides is 1. The van der Waals surface area contributed by atoms with E-state index in [0.717, 1.165) is 5.56 Å². The van der Waals surface area contributed by atoms with E-state index in [1.807, 2.05) is 44.2 Å². The number of methoxy groups -OCH3 is 1. The van der Waals surface area contributed by atoms with Gasteiger partial charge in [-0.25, -0.2) is 9.39 Å². The minimum atomic E-state index is -1.12. The number of nitrogens with two attached hydrogens (primary N) is 2. The van der Waals surface area contributed by atoms with Crippen LogP contribution in [0, 0.1) is 5.92 Å². The lowest BCUT2D eigenvalue weighted by atomic mass is 9.99. The van der Waals surface area contributed by atoms with Crippen LogP contribution >= 0.6 is 0 Å². The van der Waals surface area contributed by atoms with Gasteiger partial charge in [0, 0.05) is 12.8 Å². The van der Waals surface area contributed by atoms with E-state index >= 15 is 0 Å². The first-order valence-corrected chi connectivity index (χ1v) is 12.4. The highest BCUT2D eigenvalue weighted by molar-refractivity contribution is 5.87. The lowest BCUT2D eigenvalue weighted by Crippen LogP contribution is -2.71. The Kier molecular flexibility index (Phi) is 10.8. The minimum absolute atomic E-state index is 0.0448. The van der Waals surface area contributed by atoms with E-state index in [9.17, 15) is 24.3 Å². The fourth-order valence-electron chi connectivity index (χ4n) is 4.86. The summed E-state index contributed by atoms with van der Waals surface area (Å²) in [5, 5.41) is 12.9. The molecule has 1 aromatic rings. The highest BCUT2D eigenvalue weighted by Gasteiger charge is 2.51. The number of benzene rings is 1. The van der Waals surface area contributed by atoms with E-state index in [-0.39, 0.29) is 23.5 Å². The van der Waals surface area contributed by atoms with Gasteiger partial charge in [-0.15, -0.1) is 0 Å². The molecule has 1 aliphatic rings. The van der Waals surface area contributed by atoms with Crippen LogP contribution < -0.4 is 22.2 Å². The van der Waals surface area contributed by atoms with Crippen LogP contribution in [-0.4, -0.2) is 77.8 Å². The summed E-state index contributed by atoms with van der Waals surface area (Å²) in [7, 11) is 1.31. The van der Waals surface area contributed by atoms with Crippen molar-refractivity contribution in [1.29, 1.82) is 0 Å². The number of amides is 2. The molecule has 11 nitrogen and oxygen atoms in total. The van der Waals surface area contributed by atoms with Gasteiger partial charge in [0.2, 0.25) is 17.9 Å². The van der Waals surface area contributed by atoms with Crippen LogP contribution in [0.1, 0.15) is 45.1 Å². The van der Waals surface area contributed by atoms with Crippen LogP contribution in [-0.2, 0) is 30.3 Å². The maximum absolute atomic E-state index is 12.9. The monoisotopic (exact) mass is 506 g/mol. The summed E-state index contributed by atoms with van der Waals surface area (Å²) < 4.78 is 5.04. The van der Waals surface area contributed by atoms with Crippen LogP contribution in [0.15, 0.2) is 30.3 Å². The van der Waals surface area contributed by atoms with Gasteiger partial charge in [0.15, 0.2) is 6.04 Å². The normalized spacial score (nSPS) is 22.7. The van der Waals surface area contributed by atoms with Crippen LogP contribution in [0.5, 0.6) is 0 Å². The molecular weight excluding hydrogens is 466 g/mol. The van der Waals surface area contributed by atoms with E-state index in [1.165, 1.54) is 7.11 Å². The Bertz CT molecular complexity index is 913. The van der Waals surface area contributed by atoms with E-state index < -0.39 is 47.9 Å². The molecule has 2 amide bonds. The summed E-state index contributed by atoms with van der Waals surface area (Å²) in [5.41, 5.74) is 15.3. The van der Waals surface area contributed by atoms with Crippen molar-refractivity contribution in [3.8, 4) is 0 Å². The van der Waals surface area contributed by atoms with Crippen molar-refractivity contribution in [1.82, 2.24) is 10.7 Å². The second kappa shape index (κ2) is 13.3. The average molecular weight is 507 g/mol. The van der Waals surface area contributed by atoms with Crippen LogP contribution in [0.3, 0.4) is 0 Å². The Morgan fingerprint density at radius 1 is 1.22 bits per heavy atom. The molecule has 1 unspecified atom stereocenters. The Hall–Kier alpha value is -3.02. The predicted molar refractivity (Wildman–Crippen MR) is 133 cm³/mol. The van der Waals surface area contributed by atoms with E-state index in [0.29, 0.717) is 32.2 Å². The number of carbonyl (C=O) groups excluding carboxylic acids is 3. The first-order valence-electron chi connectivity index (χ1n) is 12.4. The number of ether oxygens (including phenoxy) is 1. The third kappa shape index (κ3) is 7.74. The van der Waals surface area contributed by atoms with Gasteiger partial charge in [-0.2, -0.15) is 5.43 Å². The zero-order chi connectivity index (χ0) is 26.9. The maximum Gasteiger partial charge on any atom is 0.366 e. The van der Waals surface area contributed by atoms with Crippen LogP contribution in [0.4, 0.5) is 0 Å². The molecule has 1 aromatic carbocycles.